The first-order valence-corrected chi connectivity index (χ1v) is 6.43. The Kier molecular flexibility index (Phi) is 2.74. The Balaban J connectivity index is 1.75. The lowest BCUT2D eigenvalue weighted by Crippen LogP contribution is -2.35. The van der Waals surface area contributed by atoms with Gasteiger partial charge < -0.3 is 15.4 Å². The first kappa shape index (κ1) is 11.5. The third kappa shape index (κ3) is 1.86. The number of fused-ring (bicyclic) bond motifs is 1. The van der Waals surface area contributed by atoms with Gasteiger partial charge in [0.15, 0.2) is 0 Å². The molecule has 0 radical (unpaired) electrons. The third-order valence-electron chi connectivity index (χ3n) is 3.96. The molecule has 1 amide bonds. The quantitative estimate of drug-likeness (QED) is 0.765. The molecular weight excluding hydrogens is 228 g/mol. The van der Waals surface area contributed by atoms with Crippen LogP contribution >= 0.6 is 0 Å². The predicted molar refractivity (Wildman–Crippen MR) is 68.6 cm³/mol. The Hall–Kier alpha value is -1.55. The van der Waals surface area contributed by atoms with E-state index in [2.05, 4.69) is 0 Å². The molecule has 0 aliphatic carbocycles. The number of rotatable bonds is 1. The topological polar surface area (TPSA) is 55.6 Å². The van der Waals surface area contributed by atoms with Crippen LogP contribution in [-0.4, -0.2) is 23.5 Å². The van der Waals surface area contributed by atoms with Crippen LogP contribution in [0.3, 0.4) is 0 Å². The van der Waals surface area contributed by atoms with E-state index in [1.807, 2.05) is 30.0 Å². The first-order valence-electron chi connectivity index (χ1n) is 6.43. The number of amides is 1. The Morgan fingerprint density at radius 2 is 2.17 bits per heavy atom. The summed E-state index contributed by atoms with van der Waals surface area (Å²) < 4.78 is 5.47. The molecule has 18 heavy (non-hydrogen) atoms. The second-order valence-electron chi connectivity index (χ2n) is 5.19. The maximum atomic E-state index is 12.4. The fraction of sp³-hybridized carbons (Fsp3) is 0.500. The first-order chi connectivity index (χ1) is 8.65. The molecule has 2 aliphatic heterocycles. The zero-order chi connectivity index (χ0) is 12.7. The molecule has 0 bridgehead atoms. The van der Waals surface area contributed by atoms with E-state index in [9.17, 15) is 4.79 Å². The van der Waals surface area contributed by atoms with Crippen molar-refractivity contribution in [1.82, 2.24) is 4.90 Å². The summed E-state index contributed by atoms with van der Waals surface area (Å²) in [5.74, 6) is 0.242. The highest BCUT2D eigenvalue weighted by atomic mass is 16.5. The summed E-state index contributed by atoms with van der Waals surface area (Å²) in [6.07, 6.45) is 0.890. The predicted octanol–water partition coefficient (Wildman–Crippen LogP) is 1.54. The molecule has 4 heteroatoms. The van der Waals surface area contributed by atoms with E-state index in [-0.39, 0.29) is 17.9 Å². The smallest absolute Gasteiger partial charge is 0.228 e. The van der Waals surface area contributed by atoms with Gasteiger partial charge in [-0.05, 0) is 36.6 Å². The average Bonchev–Trinajstić information content (AvgIpc) is 2.93. The van der Waals surface area contributed by atoms with Crippen molar-refractivity contribution < 1.29 is 9.53 Å². The minimum Gasteiger partial charge on any atom is -0.399 e. The Bertz CT molecular complexity index is 487. The molecule has 0 saturated carbocycles. The van der Waals surface area contributed by atoms with Crippen LogP contribution < -0.4 is 5.73 Å². The van der Waals surface area contributed by atoms with Gasteiger partial charge in [-0.2, -0.15) is 0 Å². The van der Waals surface area contributed by atoms with Gasteiger partial charge in [-0.3, -0.25) is 4.79 Å². The fourth-order valence-electron chi connectivity index (χ4n) is 2.86. The third-order valence-corrected chi connectivity index (χ3v) is 3.96. The molecule has 2 aliphatic rings. The van der Waals surface area contributed by atoms with Crippen molar-refractivity contribution in [2.75, 3.05) is 12.3 Å². The normalized spacial score (nSPS) is 26.4. The molecule has 0 spiro atoms. The summed E-state index contributed by atoms with van der Waals surface area (Å²) in [5.41, 5.74) is 8.93. The van der Waals surface area contributed by atoms with E-state index in [1.165, 1.54) is 11.1 Å². The lowest BCUT2D eigenvalue weighted by atomic mass is 10.0. The summed E-state index contributed by atoms with van der Waals surface area (Å²) in [6, 6.07) is 5.89. The van der Waals surface area contributed by atoms with Crippen molar-refractivity contribution in [3.63, 3.8) is 0 Å². The minimum absolute atomic E-state index is 0.0247. The number of anilines is 1. The largest absolute Gasteiger partial charge is 0.399 e. The molecule has 2 unspecified atom stereocenters. The van der Waals surface area contributed by atoms with E-state index in [0.29, 0.717) is 19.7 Å². The second-order valence-corrected chi connectivity index (χ2v) is 5.19. The molecule has 2 heterocycles. The standard InChI is InChI=1S/C14H18N2O2/c1-9-13(4-5-18-9)14(17)16-7-10-2-3-12(15)6-11(10)8-16/h2-3,6,9,13H,4-5,7-8,15H2,1H3. The Morgan fingerprint density at radius 1 is 1.39 bits per heavy atom. The van der Waals surface area contributed by atoms with Gasteiger partial charge in [0.05, 0.1) is 12.0 Å². The van der Waals surface area contributed by atoms with Crippen molar-refractivity contribution in [1.29, 1.82) is 0 Å². The molecule has 2 atom stereocenters. The molecule has 1 saturated heterocycles. The van der Waals surface area contributed by atoms with Crippen LogP contribution in [0.15, 0.2) is 18.2 Å². The average molecular weight is 246 g/mol. The number of hydrogen-bond acceptors (Lipinski definition) is 3. The molecular formula is C14H18N2O2. The van der Waals surface area contributed by atoms with Crippen LogP contribution in [0.4, 0.5) is 5.69 Å². The van der Waals surface area contributed by atoms with Crippen molar-refractivity contribution in [3.05, 3.63) is 29.3 Å². The van der Waals surface area contributed by atoms with Crippen molar-refractivity contribution in [2.45, 2.75) is 32.5 Å². The van der Waals surface area contributed by atoms with Crippen LogP contribution in [0.1, 0.15) is 24.5 Å². The monoisotopic (exact) mass is 246 g/mol. The second kappa shape index (κ2) is 4.28. The molecule has 1 fully saturated rings. The molecule has 96 valence electrons. The lowest BCUT2D eigenvalue weighted by Gasteiger charge is -2.21. The van der Waals surface area contributed by atoms with E-state index < -0.39 is 0 Å². The highest BCUT2D eigenvalue weighted by Gasteiger charge is 2.35. The summed E-state index contributed by atoms with van der Waals surface area (Å²) in [4.78, 5) is 14.3. The number of nitrogens with zero attached hydrogens (tertiary/aromatic N) is 1. The zero-order valence-corrected chi connectivity index (χ0v) is 10.6. The van der Waals surface area contributed by atoms with Crippen molar-refractivity contribution in [3.8, 4) is 0 Å². The van der Waals surface area contributed by atoms with Crippen LogP contribution in [0.25, 0.3) is 0 Å². The number of hydrogen-bond donors (Lipinski definition) is 1. The minimum atomic E-state index is 0.0247. The molecule has 4 nitrogen and oxygen atoms in total. The highest BCUT2D eigenvalue weighted by Crippen LogP contribution is 2.29. The van der Waals surface area contributed by atoms with Gasteiger partial charge in [0.25, 0.3) is 0 Å². The Labute approximate surface area is 107 Å². The molecule has 1 aromatic rings. The highest BCUT2D eigenvalue weighted by molar-refractivity contribution is 5.80. The summed E-state index contributed by atoms with van der Waals surface area (Å²) in [6.45, 7) is 4.07. The van der Waals surface area contributed by atoms with Gasteiger partial charge in [-0.15, -0.1) is 0 Å². The number of benzene rings is 1. The summed E-state index contributed by atoms with van der Waals surface area (Å²) in [7, 11) is 0. The van der Waals surface area contributed by atoms with Gasteiger partial charge >= 0.3 is 0 Å². The maximum absolute atomic E-state index is 12.4. The molecule has 0 aromatic heterocycles. The van der Waals surface area contributed by atoms with Gasteiger partial charge in [0.1, 0.15) is 0 Å². The van der Waals surface area contributed by atoms with Crippen molar-refractivity contribution >= 4 is 11.6 Å². The van der Waals surface area contributed by atoms with Crippen LogP contribution in [0.5, 0.6) is 0 Å². The van der Waals surface area contributed by atoms with Crippen molar-refractivity contribution in [2.24, 2.45) is 5.92 Å². The van der Waals surface area contributed by atoms with Gasteiger partial charge in [-0.1, -0.05) is 6.07 Å². The summed E-state index contributed by atoms with van der Waals surface area (Å²) >= 11 is 0. The van der Waals surface area contributed by atoms with Crippen LogP contribution in [0.2, 0.25) is 0 Å². The summed E-state index contributed by atoms with van der Waals surface area (Å²) in [5, 5.41) is 0. The van der Waals surface area contributed by atoms with Crippen LogP contribution in [0, 0.1) is 5.92 Å². The number of nitrogen functional groups attached to an aromatic ring is 1. The van der Waals surface area contributed by atoms with E-state index in [0.717, 1.165) is 12.1 Å². The maximum Gasteiger partial charge on any atom is 0.228 e. The SMILES string of the molecule is CC1OCCC1C(=O)N1Cc2ccc(N)cc2C1. The zero-order valence-electron chi connectivity index (χ0n) is 10.6. The molecule has 1 aromatic carbocycles. The molecule has 3 rings (SSSR count). The van der Waals surface area contributed by atoms with E-state index in [4.69, 9.17) is 10.5 Å². The number of carbonyl (C=O) groups excluding carboxylic acids is 1. The van der Waals surface area contributed by atoms with E-state index in [1.54, 1.807) is 0 Å². The van der Waals surface area contributed by atoms with Gasteiger partial charge in [0, 0.05) is 25.4 Å². The number of nitrogens with two attached hydrogens (primary N) is 1. The lowest BCUT2D eigenvalue weighted by molar-refractivity contribution is -0.137. The van der Waals surface area contributed by atoms with E-state index >= 15 is 0 Å². The van der Waals surface area contributed by atoms with Gasteiger partial charge in [-0.25, -0.2) is 0 Å². The fourth-order valence-corrected chi connectivity index (χ4v) is 2.86. The number of carbonyl (C=O) groups is 1. The van der Waals surface area contributed by atoms with Gasteiger partial charge in [0.2, 0.25) is 5.91 Å². The van der Waals surface area contributed by atoms with Crippen LogP contribution in [-0.2, 0) is 22.6 Å². The molecule has 2 N–H and O–H groups in total. The number of ether oxygens (including phenoxy) is 1. The Morgan fingerprint density at radius 3 is 2.89 bits per heavy atom.